The van der Waals surface area contributed by atoms with Crippen LogP contribution in [0, 0.1) is 5.41 Å². The molecule has 1 N–H and O–H groups in total. The summed E-state index contributed by atoms with van der Waals surface area (Å²) in [5, 5.41) is 2.95. The molecule has 1 saturated carbocycles. The van der Waals surface area contributed by atoms with E-state index in [1.54, 1.807) is 12.1 Å². The Morgan fingerprint density at radius 2 is 2.25 bits per heavy atom. The van der Waals surface area contributed by atoms with Gasteiger partial charge in [-0.15, -0.1) is 22.9 Å². The third-order valence-corrected chi connectivity index (χ3v) is 4.42. The third-order valence-electron chi connectivity index (χ3n) is 3.00. The van der Waals surface area contributed by atoms with Gasteiger partial charge >= 0.3 is 0 Å². The minimum Gasteiger partial charge on any atom is -0.351 e. The maximum Gasteiger partial charge on any atom is 0.261 e. The molecule has 1 aliphatic carbocycles. The first-order valence-corrected chi connectivity index (χ1v) is 6.98. The molecule has 5 heteroatoms. The van der Waals surface area contributed by atoms with Crippen molar-refractivity contribution in [2.45, 2.75) is 19.3 Å². The second-order valence-electron chi connectivity index (χ2n) is 4.23. The molecular formula is C11H13Cl2NOS. The first-order chi connectivity index (χ1) is 7.65. The first-order valence-electron chi connectivity index (χ1n) is 5.25. The molecule has 0 radical (unpaired) electrons. The van der Waals surface area contributed by atoms with E-state index < -0.39 is 0 Å². The Labute approximate surface area is 109 Å². The standard InChI is InChI=1S/C11H13Cl2NOS/c12-6-5-11(3-4-11)7-14-10(15)8-1-2-9(13)16-8/h1-2H,3-7H2,(H,14,15). The number of rotatable bonds is 5. The summed E-state index contributed by atoms with van der Waals surface area (Å²) < 4.78 is 0.645. The average molecular weight is 278 g/mol. The predicted molar refractivity (Wildman–Crippen MR) is 68.7 cm³/mol. The second kappa shape index (κ2) is 4.94. The zero-order valence-corrected chi connectivity index (χ0v) is 11.1. The summed E-state index contributed by atoms with van der Waals surface area (Å²) >= 11 is 12.8. The van der Waals surface area contributed by atoms with Crippen molar-refractivity contribution in [1.82, 2.24) is 5.32 Å². The largest absolute Gasteiger partial charge is 0.351 e. The van der Waals surface area contributed by atoms with Gasteiger partial charge in [-0.05, 0) is 36.8 Å². The molecule has 16 heavy (non-hydrogen) atoms. The van der Waals surface area contributed by atoms with Gasteiger partial charge in [0.05, 0.1) is 9.21 Å². The van der Waals surface area contributed by atoms with Gasteiger partial charge in [-0.3, -0.25) is 4.79 Å². The van der Waals surface area contributed by atoms with Gasteiger partial charge in [0.15, 0.2) is 0 Å². The van der Waals surface area contributed by atoms with Crippen LogP contribution >= 0.6 is 34.5 Å². The van der Waals surface area contributed by atoms with Crippen molar-refractivity contribution in [2.24, 2.45) is 5.41 Å². The molecule has 1 aromatic heterocycles. The molecule has 1 aliphatic rings. The highest BCUT2D eigenvalue weighted by molar-refractivity contribution is 7.17. The number of alkyl halides is 1. The van der Waals surface area contributed by atoms with E-state index in [1.165, 1.54) is 24.2 Å². The summed E-state index contributed by atoms with van der Waals surface area (Å²) in [6, 6.07) is 3.50. The quantitative estimate of drug-likeness (QED) is 0.820. The van der Waals surface area contributed by atoms with Crippen LogP contribution in [0.15, 0.2) is 12.1 Å². The van der Waals surface area contributed by atoms with Crippen LogP contribution in [0.1, 0.15) is 28.9 Å². The van der Waals surface area contributed by atoms with Crippen LogP contribution in [0.4, 0.5) is 0 Å². The molecule has 1 aromatic rings. The van der Waals surface area contributed by atoms with Crippen molar-refractivity contribution in [3.63, 3.8) is 0 Å². The van der Waals surface area contributed by atoms with Crippen LogP contribution < -0.4 is 5.32 Å². The number of hydrogen-bond acceptors (Lipinski definition) is 2. The SMILES string of the molecule is O=C(NCC1(CCCl)CC1)c1ccc(Cl)s1. The molecule has 2 nitrogen and oxygen atoms in total. The minimum absolute atomic E-state index is 0.0299. The van der Waals surface area contributed by atoms with Gasteiger partial charge in [-0.1, -0.05) is 11.6 Å². The molecule has 0 saturated heterocycles. The van der Waals surface area contributed by atoms with Gasteiger partial charge in [0.1, 0.15) is 0 Å². The molecule has 0 bridgehead atoms. The molecular weight excluding hydrogens is 265 g/mol. The lowest BCUT2D eigenvalue weighted by atomic mass is 10.0. The maximum atomic E-state index is 11.7. The molecule has 1 amide bonds. The van der Waals surface area contributed by atoms with E-state index in [9.17, 15) is 4.79 Å². The Hall–Kier alpha value is -0.250. The fourth-order valence-electron chi connectivity index (χ4n) is 1.68. The summed E-state index contributed by atoms with van der Waals surface area (Å²) in [6.45, 7) is 0.730. The zero-order valence-electron chi connectivity index (χ0n) is 8.76. The van der Waals surface area contributed by atoms with Crippen LogP contribution in [-0.2, 0) is 0 Å². The van der Waals surface area contributed by atoms with Crippen molar-refractivity contribution >= 4 is 40.4 Å². The molecule has 1 fully saturated rings. The third kappa shape index (κ3) is 2.90. The van der Waals surface area contributed by atoms with Crippen LogP contribution in [0.25, 0.3) is 0 Å². The summed E-state index contributed by atoms with van der Waals surface area (Å²) in [6.07, 6.45) is 3.33. The molecule has 88 valence electrons. The van der Waals surface area contributed by atoms with Crippen LogP contribution in [-0.4, -0.2) is 18.3 Å². The molecule has 2 rings (SSSR count). The molecule has 0 spiro atoms. The van der Waals surface area contributed by atoms with Gasteiger partial charge in [0.25, 0.3) is 5.91 Å². The van der Waals surface area contributed by atoms with Gasteiger partial charge in [0.2, 0.25) is 0 Å². The first kappa shape index (κ1) is 12.2. The lowest BCUT2D eigenvalue weighted by molar-refractivity contribution is 0.0948. The van der Waals surface area contributed by atoms with Gasteiger partial charge in [0, 0.05) is 12.4 Å². The van der Waals surface area contributed by atoms with E-state index in [0.29, 0.717) is 15.1 Å². The molecule has 0 aromatic carbocycles. The highest BCUT2D eigenvalue weighted by atomic mass is 35.5. The summed E-state index contributed by atoms with van der Waals surface area (Å²) in [5.41, 5.74) is 0.276. The van der Waals surface area contributed by atoms with Crippen molar-refractivity contribution in [1.29, 1.82) is 0 Å². The predicted octanol–water partition coefficient (Wildman–Crippen LogP) is 3.54. The number of amides is 1. The smallest absolute Gasteiger partial charge is 0.261 e. The highest BCUT2D eigenvalue weighted by Gasteiger charge is 2.41. The minimum atomic E-state index is -0.0299. The van der Waals surface area contributed by atoms with Crippen LogP contribution in [0.2, 0.25) is 4.34 Å². The maximum absolute atomic E-state index is 11.7. The lowest BCUT2D eigenvalue weighted by Gasteiger charge is -2.13. The Kier molecular flexibility index (Phi) is 3.77. The molecule has 0 unspecified atom stereocenters. The number of carbonyl (C=O) groups is 1. The van der Waals surface area contributed by atoms with E-state index >= 15 is 0 Å². The summed E-state index contributed by atoms with van der Waals surface area (Å²) in [7, 11) is 0. The molecule has 0 aliphatic heterocycles. The van der Waals surface area contributed by atoms with E-state index in [-0.39, 0.29) is 11.3 Å². The second-order valence-corrected chi connectivity index (χ2v) is 6.32. The number of thiophene rings is 1. The van der Waals surface area contributed by atoms with Gasteiger partial charge in [-0.2, -0.15) is 0 Å². The monoisotopic (exact) mass is 277 g/mol. The van der Waals surface area contributed by atoms with E-state index in [2.05, 4.69) is 5.32 Å². The summed E-state index contributed by atoms with van der Waals surface area (Å²) in [5.74, 6) is 0.637. The van der Waals surface area contributed by atoms with E-state index in [4.69, 9.17) is 23.2 Å². The lowest BCUT2D eigenvalue weighted by Crippen LogP contribution is -2.29. The number of nitrogens with one attached hydrogen (secondary N) is 1. The van der Waals surface area contributed by atoms with E-state index in [0.717, 1.165) is 13.0 Å². The van der Waals surface area contributed by atoms with Crippen LogP contribution in [0.3, 0.4) is 0 Å². The van der Waals surface area contributed by atoms with Crippen molar-refractivity contribution in [3.05, 3.63) is 21.3 Å². The number of hydrogen-bond donors (Lipinski definition) is 1. The van der Waals surface area contributed by atoms with Gasteiger partial charge in [-0.25, -0.2) is 0 Å². The highest BCUT2D eigenvalue weighted by Crippen LogP contribution is 2.48. The Balaban J connectivity index is 1.84. The van der Waals surface area contributed by atoms with E-state index in [1.807, 2.05) is 0 Å². The summed E-state index contributed by atoms with van der Waals surface area (Å²) in [4.78, 5) is 12.4. The normalized spacial score (nSPS) is 17.1. The average Bonchev–Trinajstić information content (AvgIpc) is 2.89. The Morgan fingerprint density at radius 1 is 1.50 bits per heavy atom. The van der Waals surface area contributed by atoms with Crippen molar-refractivity contribution in [3.8, 4) is 0 Å². The number of halogens is 2. The fourth-order valence-corrected chi connectivity index (χ4v) is 3.04. The van der Waals surface area contributed by atoms with Crippen LogP contribution in [0.5, 0.6) is 0 Å². The van der Waals surface area contributed by atoms with Crippen molar-refractivity contribution < 1.29 is 4.79 Å². The number of carbonyl (C=O) groups excluding carboxylic acids is 1. The molecule has 0 atom stereocenters. The topological polar surface area (TPSA) is 29.1 Å². The zero-order chi connectivity index (χ0) is 11.6. The van der Waals surface area contributed by atoms with Gasteiger partial charge < -0.3 is 5.32 Å². The molecule has 1 heterocycles. The Morgan fingerprint density at radius 3 is 2.75 bits per heavy atom. The fraction of sp³-hybridized carbons (Fsp3) is 0.545. The Bertz CT molecular complexity index is 387. The van der Waals surface area contributed by atoms with Crippen molar-refractivity contribution in [2.75, 3.05) is 12.4 Å².